The van der Waals surface area contributed by atoms with Crippen molar-refractivity contribution in [3.05, 3.63) is 24.3 Å². The minimum atomic E-state index is 0.346. The molecule has 0 amide bonds. The van der Waals surface area contributed by atoms with Gasteiger partial charge in [0, 0.05) is 11.4 Å². The fourth-order valence-corrected chi connectivity index (χ4v) is 2.86. The van der Waals surface area contributed by atoms with E-state index in [1.807, 2.05) is 6.07 Å². The zero-order valence-corrected chi connectivity index (χ0v) is 12.1. The van der Waals surface area contributed by atoms with Crippen LogP contribution in [0.5, 0.6) is 0 Å². The van der Waals surface area contributed by atoms with Gasteiger partial charge < -0.3 is 4.57 Å². The molecule has 19 heavy (non-hydrogen) atoms. The molecule has 98 valence electrons. The van der Waals surface area contributed by atoms with Gasteiger partial charge in [-0.25, -0.2) is 4.98 Å². The minimum absolute atomic E-state index is 0.346. The van der Waals surface area contributed by atoms with Crippen LogP contribution in [0.3, 0.4) is 0 Å². The second-order valence-corrected chi connectivity index (χ2v) is 5.91. The molecule has 0 saturated carbocycles. The second-order valence-electron chi connectivity index (χ2n) is 4.68. The summed E-state index contributed by atoms with van der Waals surface area (Å²) in [5.41, 5.74) is 3.00. The molecule has 0 aliphatic heterocycles. The number of hydrogen-bond acceptors (Lipinski definition) is 4. The van der Waals surface area contributed by atoms with Crippen LogP contribution in [0.1, 0.15) is 26.8 Å². The van der Waals surface area contributed by atoms with E-state index in [-0.39, 0.29) is 0 Å². The van der Waals surface area contributed by atoms with Crippen molar-refractivity contribution in [1.29, 1.82) is 0 Å². The van der Waals surface area contributed by atoms with E-state index < -0.39 is 0 Å². The largest absolute Gasteiger partial charge is 0.321 e. The number of benzene rings is 1. The summed E-state index contributed by atoms with van der Waals surface area (Å²) in [4.78, 5) is 4.68. The fourth-order valence-electron chi connectivity index (χ4n) is 2.36. The van der Waals surface area contributed by atoms with Crippen molar-refractivity contribution >= 4 is 33.8 Å². The molecule has 0 N–H and O–H groups in total. The van der Waals surface area contributed by atoms with E-state index in [2.05, 4.69) is 58.7 Å². The van der Waals surface area contributed by atoms with Crippen LogP contribution in [0.2, 0.25) is 0 Å². The quantitative estimate of drug-likeness (QED) is 0.682. The van der Waals surface area contributed by atoms with Crippen LogP contribution in [0.15, 0.2) is 29.4 Å². The molecule has 2 heterocycles. The minimum Gasteiger partial charge on any atom is -0.321 e. The normalized spacial score (nSPS) is 11.8. The Hall–Kier alpha value is -1.62. The topological polar surface area (TPSA) is 43.6 Å². The second kappa shape index (κ2) is 4.81. The summed E-state index contributed by atoms with van der Waals surface area (Å²) in [7, 11) is 0. The molecule has 0 aliphatic rings. The van der Waals surface area contributed by atoms with Crippen molar-refractivity contribution < 1.29 is 0 Å². The highest BCUT2D eigenvalue weighted by atomic mass is 32.2. The van der Waals surface area contributed by atoms with Gasteiger partial charge in [0.1, 0.15) is 5.52 Å². The first-order chi connectivity index (χ1) is 9.22. The summed E-state index contributed by atoms with van der Waals surface area (Å²) in [6.07, 6.45) is 0. The molecule has 5 heteroatoms. The molecule has 0 bridgehead atoms. The lowest BCUT2D eigenvalue weighted by Gasteiger charge is -2.10. The molecular weight excluding hydrogens is 256 g/mol. The molecule has 0 aliphatic carbocycles. The van der Waals surface area contributed by atoms with Gasteiger partial charge in [-0.2, -0.15) is 0 Å². The molecule has 0 saturated heterocycles. The number of aromatic nitrogens is 4. The standard InChI is InChI=1S/C14H16N4S/c1-4-19-14-15-13-12(16-17-14)10-7-5-6-8-11(10)18(13)9(2)3/h5-9H,4H2,1-3H3. The van der Waals surface area contributed by atoms with Crippen molar-refractivity contribution in [3.8, 4) is 0 Å². The number of thioether (sulfide) groups is 1. The molecule has 0 radical (unpaired) electrons. The lowest BCUT2D eigenvalue weighted by Crippen LogP contribution is -2.02. The third kappa shape index (κ3) is 1.98. The SMILES string of the molecule is CCSc1nnc2c3ccccc3n(C(C)C)c2n1. The maximum Gasteiger partial charge on any atom is 0.211 e. The van der Waals surface area contributed by atoms with E-state index in [1.165, 1.54) is 5.52 Å². The van der Waals surface area contributed by atoms with Crippen LogP contribution in [0.25, 0.3) is 22.1 Å². The van der Waals surface area contributed by atoms with Gasteiger partial charge in [0.25, 0.3) is 0 Å². The Morgan fingerprint density at radius 3 is 2.74 bits per heavy atom. The number of para-hydroxylation sites is 1. The van der Waals surface area contributed by atoms with E-state index in [9.17, 15) is 0 Å². The van der Waals surface area contributed by atoms with E-state index in [1.54, 1.807) is 11.8 Å². The van der Waals surface area contributed by atoms with Gasteiger partial charge in [-0.1, -0.05) is 36.9 Å². The van der Waals surface area contributed by atoms with Crippen LogP contribution in [-0.4, -0.2) is 25.5 Å². The molecule has 0 spiro atoms. The highest BCUT2D eigenvalue weighted by Crippen LogP contribution is 2.29. The summed E-state index contributed by atoms with van der Waals surface area (Å²) in [6.45, 7) is 6.43. The Balaban J connectivity index is 2.39. The lowest BCUT2D eigenvalue weighted by atomic mass is 10.2. The first-order valence-corrected chi connectivity index (χ1v) is 7.47. The molecule has 3 rings (SSSR count). The summed E-state index contributed by atoms with van der Waals surface area (Å²) < 4.78 is 2.24. The summed E-state index contributed by atoms with van der Waals surface area (Å²) in [6, 6.07) is 8.63. The van der Waals surface area contributed by atoms with Crippen LogP contribution in [0, 0.1) is 0 Å². The third-order valence-electron chi connectivity index (χ3n) is 3.09. The van der Waals surface area contributed by atoms with Crippen molar-refractivity contribution in [2.75, 3.05) is 5.75 Å². The van der Waals surface area contributed by atoms with Crippen LogP contribution < -0.4 is 0 Å². The zero-order chi connectivity index (χ0) is 13.4. The number of hydrogen-bond donors (Lipinski definition) is 0. The Labute approximate surface area is 116 Å². The Morgan fingerprint density at radius 2 is 2.00 bits per heavy atom. The van der Waals surface area contributed by atoms with Gasteiger partial charge >= 0.3 is 0 Å². The lowest BCUT2D eigenvalue weighted by molar-refractivity contribution is 0.632. The van der Waals surface area contributed by atoms with Crippen LogP contribution in [-0.2, 0) is 0 Å². The average Bonchev–Trinajstić information content (AvgIpc) is 2.72. The Morgan fingerprint density at radius 1 is 1.21 bits per heavy atom. The maximum atomic E-state index is 4.68. The van der Waals surface area contributed by atoms with Crippen molar-refractivity contribution in [1.82, 2.24) is 19.7 Å². The predicted octanol–water partition coefficient (Wildman–Crippen LogP) is 3.67. The predicted molar refractivity (Wildman–Crippen MR) is 79.6 cm³/mol. The maximum absolute atomic E-state index is 4.68. The first kappa shape index (κ1) is 12.4. The highest BCUT2D eigenvalue weighted by Gasteiger charge is 2.15. The zero-order valence-electron chi connectivity index (χ0n) is 11.3. The van der Waals surface area contributed by atoms with E-state index in [4.69, 9.17) is 0 Å². The molecule has 0 fully saturated rings. The molecule has 2 aromatic heterocycles. The van der Waals surface area contributed by atoms with E-state index in [0.29, 0.717) is 6.04 Å². The van der Waals surface area contributed by atoms with Crippen molar-refractivity contribution in [2.45, 2.75) is 32.0 Å². The van der Waals surface area contributed by atoms with Crippen molar-refractivity contribution in [2.24, 2.45) is 0 Å². The van der Waals surface area contributed by atoms with Crippen LogP contribution in [0.4, 0.5) is 0 Å². The Bertz CT molecular complexity index is 733. The van der Waals surface area contributed by atoms with Gasteiger partial charge in [-0.15, -0.1) is 10.2 Å². The number of nitrogens with zero attached hydrogens (tertiary/aromatic N) is 4. The van der Waals surface area contributed by atoms with Gasteiger partial charge in [0.15, 0.2) is 5.65 Å². The molecule has 0 unspecified atom stereocenters. The van der Waals surface area contributed by atoms with Crippen LogP contribution >= 0.6 is 11.8 Å². The van der Waals surface area contributed by atoms with Gasteiger partial charge in [0.2, 0.25) is 5.16 Å². The molecule has 0 atom stereocenters. The van der Waals surface area contributed by atoms with Gasteiger partial charge in [-0.05, 0) is 25.7 Å². The number of fused-ring (bicyclic) bond motifs is 3. The number of rotatable bonds is 3. The monoisotopic (exact) mass is 272 g/mol. The molecular formula is C14H16N4S. The first-order valence-electron chi connectivity index (χ1n) is 6.48. The van der Waals surface area contributed by atoms with Gasteiger partial charge in [0.05, 0.1) is 5.52 Å². The summed E-state index contributed by atoms with van der Waals surface area (Å²) in [5.74, 6) is 0.953. The van der Waals surface area contributed by atoms with Crippen molar-refractivity contribution in [3.63, 3.8) is 0 Å². The fraction of sp³-hybridized carbons (Fsp3) is 0.357. The third-order valence-corrected chi connectivity index (χ3v) is 3.81. The molecule has 1 aromatic carbocycles. The van der Waals surface area contributed by atoms with E-state index >= 15 is 0 Å². The Kier molecular flexibility index (Phi) is 3.14. The summed E-state index contributed by atoms with van der Waals surface area (Å²) >= 11 is 1.62. The van der Waals surface area contributed by atoms with E-state index in [0.717, 1.165) is 27.5 Å². The summed E-state index contributed by atoms with van der Waals surface area (Å²) in [5, 5.41) is 10.5. The average molecular weight is 272 g/mol. The smallest absolute Gasteiger partial charge is 0.211 e. The molecule has 4 nitrogen and oxygen atoms in total. The molecule has 3 aromatic rings. The van der Waals surface area contributed by atoms with Gasteiger partial charge in [-0.3, -0.25) is 0 Å². The highest BCUT2D eigenvalue weighted by molar-refractivity contribution is 7.99.